The number of anilines is 1. The second-order valence-electron chi connectivity index (χ2n) is 7.12. The molecule has 1 aliphatic heterocycles. The van der Waals surface area contributed by atoms with Crippen LogP contribution in [0.25, 0.3) is 26.6 Å². The molecule has 2 N–H and O–H groups in total. The number of thiazole rings is 1. The SMILES string of the molecule is CN=c1c2c(N3CCNC(C)C3)c(F)cc3c(=O)c(C(=O)O)c4scc1n4c32.Cl. The van der Waals surface area contributed by atoms with Gasteiger partial charge in [-0.05, 0) is 13.0 Å². The Labute approximate surface area is 174 Å². The lowest BCUT2D eigenvalue weighted by atomic mass is 10.1. The van der Waals surface area contributed by atoms with Crippen LogP contribution in [0.3, 0.4) is 0 Å². The fourth-order valence-corrected chi connectivity index (χ4v) is 5.39. The lowest BCUT2D eigenvalue weighted by molar-refractivity contribution is 0.0697. The van der Waals surface area contributed by atoms with Crippen molar-refractivity contribution in [3.05, 3.63) is 38.4 Å². The summed E-state index contributed by atoms with van der Waals surface area (Å²) < 4.78 is 17.1. The summed E-state index contributed by atoms with van der Waals surface area (Å²) in [5.41, 5.74) is 0.687. The first kappa shape index (κ1) is 19.8. The van der Waals surface area contributed by atoms with Crippen LogP contribution in [-0.4, -0.2) is 48.2 Å². The Balaban J connectivity index is 0.00000205. The minimum absolute atomic E-state index is 0. The van der Waals surface area contributed by atoms with Crippen molar-refractivity contribution in [3.8, 4) is 0 Å². The Bertz CT molecular complexity index is 1380. The molecule has 1 aliphatic rings. The molecule has 7 nitrogen and oxygen atoms in total. The zero-order valence-electron chi connectivity index (χ0n) is 15.7. The van der Waals surface area contributed by atoms with Gasteiger partial charge in [-0.1, -0.05) is 0 Å². The van der Waals surface area contributed by atoms with Gasteiger partial charge in [0.2, 0.25) is 5.43 Å². The summed E-state index contributed by atoms with van der Waals surface area (Å²) in [6.07, 6.45) is 0. The smallest absolute Gasteiger partial charge is 0.342 e. The van der Waals surface area contributed by atoms with Crippen LogP contribution < -0.4 is 21.0 Å². The molecule has 1 atom stereocenters. The molecular formula is C19H18ClFN4O3S. The molecule has 1 aromatic carbocycles. The summed E-state index contributed by atoms with van der Waals surface area (Å²) in [5.74, 6) is -1.84. The van der Waals surface area contributed by atoms with E-state index in [2.05, 4.69) is 10.3 Å². The van der Waals surface area contributed by atoms with Gasteiger partial charge in [-0.15, -0.1) is 23.7 Å². The van der Waals surface area contributed by atoms with Gasteiger partial charge in [0.25, 0.3) is 0 Å². The summed E-state index contributed by atoms with van der Waals surface area (Å²) in [6, 6.07) is 1.38. The molecule has 1 unspecified atom stereocenters. The number of nitrogens with one attached hydrogen (secondary N) is 1. The van der Waals surface area contributed by atoms with Gasteiger partial charge < -0.3 is 15.3 Å². The number of carboxylic acids is 1. The Kier molecular flexibility index (Phi) is 4.64. The fourth-order valence-electron chi connectivity index (χ4n) is 4.36. The van der Waals surface area contributed by atoms with Crippen LogP contribution in [0.15, 0.2) is 21.2 Å². The molecule has 29 heavy (non-hydrogen) atoms. The normalized spacial score (nSPS) is 18.2. The first-order valence-corrected chi connectivity index (χ1v) is 9.83. The highest BCUT2D eigenvalue weighted by Crippen LogP contribution is 2.36. The molecule has 1 fully saturated rings. The summed E-state index contributed by atoms with van der Waals surface area (Å²) in [4.78, 5) is 31.4. The predicted octanol–water partition coefficient (Wildman–Crippen LogP) is 2.13. The van der Waals surface area contributed by atoms with Crippen LogP contribution in [0.1, 0.15) is 17.3 Å². The van der Waals surface area contributed by atoms with E-state index in [1.54, 1.807) is 16.8 Å². The van der Waals surface area contributed by atoms with Gasteiger partial charge in [0.15, 0.2) is 0 Å². The topological polar surface area (TPSA) is 86.4 Å². The van der Waals surface area contributed by atoms with Crippen molar-refractivity contribution < 1.29 is 14.3 Å². The minimum Gasteiger partial charge on any atom is -0.477 e. The van der Waals surface area contributed by atoms with E-state index in [4.69, 9.17) is 0 Å². The van der Waals surface area contributed by atoms with Crippen molar-refractivity contribution in [1.82, 2.24) is 9.72 Å². The maximum absolute atomic E-state index is 15.3. The fraction of sp³-hybridized carbons (Fsp3) is 0.316. The van der Waals surface area contributed by atoms with E-state index in [0.29, 0.717) is 45.4 Å². The van der Waals surface area contributed by atoms with Gasteiger partial charge in [-0.3, -0.25) is 14.2 Å². The number of rotatable bonds is 2. The van der Waals surface area contributed by atoms with Crippen molar-refractivity contribution >= 4 is 62.0 Å². The highest BCUT2D eigenvalue weighted by atomic mass is 35.5. The number of hydrogen-bond donors (Lipinski definition) is 2. The number of aromatic carboxylic acids is 1. The third-order valence-electron chi connectivity index (χ3n) is 5.46. The largest absolute Gasteiger partial charge is 0.477 e. The van der Waals surface area contributed by atoms with E-state index in [0.717, 1.165) is 6.54 Å². The maximum Gasteiger partial charge on any atom is 0.342 e. The molecule has 3 aromatic heterocycles. The second kappa shape index (κ2) is 6.79. The summed E-state index contributed by atoms with van der Waals surface area (Å²) in [5, 5.41) is 15.9. The number of carbonyl (C=O) groups is 1. The van der Waals surface area contributed by atoms with Crippen LogP contribution in [0.2, 0.25) is 0 Å². The standard InChI is InChI=1S/C19H17FN4O3S.ClH/c1-8-6-23(4-3-22-8)16-10(20)5-9-15-12(16)14(21-2)11-7-28-18(24(11)15)13(17(9)25)19(26)27;/h5,7-8,22H,3-4,6H2,1-2H3,(H,26,27);1H. The molecule has 0 amide bonds. The monoisotopic (exact) mass is 436 g/mol. The average Bonchev–Trinajstić information content (AvgIpc) is 3.19. The molecular weight excluding hydrogens is 419 g/mol. The minimum atomic E-state index is -1.31. The highest BCUT2D eigenvalue weighted by Gasteiger charge is 2.30. The summed E-state index contributed by atoms with van der Waals surface area (Å²) in [7, 11) is 1.63. The Hall–Kier alpha value is -2.49. The van der Waals surface area contributed by atoms with E-state index < -0.39 is 17.2 Å². The van der Waals surface area contributed by atoms with Crippen LogP contribution in [0, 0.1) is 5.82 Å². The molecule has 4 heterocycles. The van der Waals surface area contributed by atoms with E-state index in [-0.39, 0.29) is 29.4 Å². The molecule has 0 saturated carbocycles. The second-order valence-corrected chi connectivity index (χ2v) is 7.98. The van der Waals surface area contributed by atoms with E-state index in [1.807, 2.05) is 11.8 Å². The number of nitrogens with zero attached hydrogens (tertiary/aromatic N) is 3. The molecule has 1 saturated heterocycles. The number of aromatic nitrogens is 1. The van der Waals surface area contributed by atoms with Crippen LogP contribution in [0.5, 0.6) is 0 Å². The van der Waals surface area contributed by atoms with Crippen LogP contribution in [0.4, 0.5) is 10.1 Å². The molecule has 5 rings (SSSR count). The first-order chi connectivity index (χ1) is 13.4. The molecule has 10 heteroatoms. The number of halogens is 2. The van der Waals surface area contributed by atoms with Gasteiger partial charge in [0.05, 0.1) is 32.9 Å². The van der Waals surface area contributed by atoms with Crippen molar-refractivity contribution in [1.29, 1.82) is 0 Å². The molecule has 0 aliphatic carbocycles. The number of carboxylic acid groups (broad SMARTS) is 1. The van der Waals surface area contributed by atoms with Crippen molar-refractivity contribution in [3.63, 3.8) is 0 Å². The van der Waals surface area contributed by atoms with Crippen LogP contribution in [-0.2, 0) is 0 Å². The molecule has 0 spiro atoms. The quantitative estimate of drug-likeness (QED) is 0.502. The maximum atomic E-state index is 15.3. The lowest BCUT2D eigenvalue weighted by Gasteiger charge is -2.34. The summed E-state index contributed by atoms with van der Waals surface area (Å²) >= 11 is 1.19. The zero-order valence-corrected chi connectivity index (χ0v) is 17.3. The van der Waals surface area contributed by atoms with Gasteiger partial charge in [0, 0.05) is 38.1 Å². The first-order valence-electron chi connectivity index (χ1n) is 8.95. The number of piperazine rings is 1. The number of hydrogen-bond acceptors (Lipinski definition) is 6. The van der Waals surface area contributed by atoms with Gasteiger partial charge >= 0.3 is 5.97 Å². The molecule has 0 bridgehead atoms. The predicted molar refractivity (Wildman–Crippen MR) is 114 cm³/mol. The molecule has 152 valence electrons. The highest BCUT2D eigenvalue weighted by molar-refractivity contribution is 7.16. The van der Waals surface area contributed by atoms with Gasteiger partial charge in [-0.2, -0.15) is 0 Å². The van der Waals surface area contributed by atoms with Crippen molar-refractivity contribution in [2.75, 3.05) is 31.6 Å². The number of pyridine rings is 1. The Morgan fingerprint density at radius 1 is 1.45 bits per heavy atom. The van der Waals surface area contributed by atoms with E-state index >= 15 is 4.39 Å². The van der Waals surface area contributed by atoms with E-state index in [9.17, 15) is 14.7 Å². The van der Waals surface area contributed by atoms with Gasteiger partial charge in [-0.25, -0.2) is 9.18 Å². The van der Waals surface area contributed by atoms with Crippen molar-refractivity contribution in [2.45, 2.75) is 13.0 Å². The van der Waals surface area contributed by atoms with Crippen molar-refractivity contribution in [2.24, 2.45) is 4.99 Å². The third-order valence-corrected chi connectivity index (χ3v) is 6.41. The van der Waals surface area contributed by atoms with Gasteiger partial charge in [0.1, 0.15) is 16.2 Å². The Morgan fingerprint density at radius 3 is 2.86 bits per heavy atom. The lowest BCUT2D eigenvalue weighted by Crippen LogP contribution is -2.49. The average molecular weight is 437 g/mol. The summed E-state index contributed by atoms with van der Waals surface area (Å²) in [6.45, 7) is 4.03. The number of benzene rings is 1. The van der Waals surface area contributed by atoms with Crippen LogP contribution >= 0.6 is 23.7 Å². The Morgan fingerprint density at radius 2 is 2.21 bits per heavy atom. The molecule has 0 radical (unpaired) electrons. The zero-order chi connectivity index (χ0) is 19.7. The molecule has 4 aromatic rings. The van der Waals surface area contributed by atoms with E-state index in [1.165, 1.54) is 17.4 Å². The third kappa shape index (κ3) is 2.54.